The number of carbonyl (C=O) groups is 1. The summed E-state index contributed by atoms with van der Waals surface area (Å²) in [5.74, 6) is 1.51. The molecule has 3 heteroatoms. The van der Waals surface area contributed by atoms with Gasteiger partial charge in [0.25, 0.3) is 0 Å². The van der Waals surface area contributed by atoms with Crippen LogP contribution >= 0.6 is 0 Å². The van der Waals surface area contributed by atoms with E-state index in [1.54, 1.807) is 0 Å². The molecule has 90 valence electrons. The fraction of sp³-hybridized carbons (Fsp3) is 0.923. The largest absolute Gasteiger partial charge is 0.324 e. The number of rotatable bonds is 0. The van der Waals surface area contributed by atoms with Crippen LogP contribution in [0.25, 0.3) is 0 Å². The molecule has 2 heterocycles. The molecule has 3 nitrogen and oxygen atoms in total. The minimum atomic E-state index is 0.332. The number of amides is 2. The number of carbonyl (C=O) groups excluding carboxylic acids is 1. The highest BCUT2D eigenvalue weighted by molar-refractivity contribution is 5.75. The lowest BCUT2D eigenvalue weighted by atomic mass is 10.0. The third-order valence-corrected chi connectivity index (χ3v) is 4.58. The fourth-order valence-corrected chi connectivity index (χ4v) is 3.70. The molecule has 0 aromatic carbocycles. The molecule has 2 amide bonds. The number of likely N-dealkylation sites (tertiary alicyclic amines) is 2. The Hall–Kier alpha value is -0.730. The molecule has 3 unspecified atom stereocenters. The van der Waals surface area contributed by atoms with Crippen LogP contribution < -0.4 is 0 Å². The highest BCUT2D eigenvalue weighted by Gasteiger charge is 2.41. The lowest BCUT2D eigenvalue weighted by Gasteiger charge is -2.37. The summed E-state index contributed by atoms with van der Waals surface area (Å²) >= 11 is 0. The average Bonchev–Trinajstić information content (AvgIpc) is 2.89. The molecule has 2 saturated heterocycles. The van der Waals surface area contributed by atoms with Gasteiger partial charge in [-0.25, -0.2) is 4.79 Å². The number of urea groups is 1. The maximum Gasteiger partial charge on any atom is 0.320 e. The van der Waals surface area contributed by atoms with Crippen molar-refractivity contribution in [3.63, 3.8) is 0 Å². The first-order valence-electron chi connectivity index (χ1n) is 6.79. The van der Waals surface area contributed by atoms with Gasteiger partial charge < -0.3 is 9.80 Å². The highest BCUT2D eigenvalue weighted by atomic mass is 16.2. The first-order valence-corrected chi connectivity index (χ1v) is 6.79. The third kappa shape index (κ3) is 1.70. The normalized spacial score (nSPS) is 38.2. The molecule has 1 saturated carbocycles. The molecule has 0 aromatic heterocycles. The Morgan fingerprint density at radius 3 is 2.69 bits per heavy atom. The van der Waals surface area contributed by atoms with Crippen molar-refractivity contribution in [3.8, 4) is 0 Å². The lowest BCUT2D eigenvalue weighted by molar-refractivity contribution is 0.119. The number of nitrogens with zero attached hydrogens (tertiary/aromatic N) is 2. The van der Waals surface area contributed by atoms with Crippen LogP contribution in [0.1, 0.15) is 39.0 Å². The van der Waals surface area contributed by atoms with Crippen LogP contribution in [0.3, 0.4) is 0 Å². The van der Waals surface area contributed by atoms with Crippen LogP contribution in [-0.2, 0) is 0 Å². The van der Waals surface area contributed by atoms with Gasteiger partial charge >= 0.3 is 6.03 Å². The molecule has 3 rings (SSSR count). The topological polar surface area (TPSA) is 23.6 Å². The van der Waals surface area contributed by atoms with Crippen LogP contribution in [0.2, 0.25) is 0 Å². The Kier molecular flexibility index (Phi) is 2.56. The summed E-state index contributed by atoms with van der Waals surface area (Å²) in [7, 11) is 0. The number of fused-ring (bicyclic) bond motifs is 2. The van der Waals surface area contributed by atoms with Gasteiger partial charge in [-0.05, 0) is 43.9 Å². The van der Waals surface area contributed by atoms with Crippen molar-refractivity contribution in [1.29, 1.82) is 0 Å². The van der Waals surface area contributed by atoms with Gasteiger partial charge in [0, 0.05) is 25.7 Å². The van der Waals surface area contributed by atoms with Crippen molar-refractivity contribution in [3.05, 3.63) is 0 Å². The molecule has 3 fully saturated rings. The van der Waals surface area contributed by atoms with E-state index in [9.17, 15) is 4.79 Å². The van der Waals surface area contributed by atoms with Gasteiger partial charge in [0.2, 0.25) is 0 Å². The minimum absolute atomic E-state index is 0.332. The van der Waals surface area contributed by atoms with E-state index in [0.717, 1.165) is 25.6 Å². The minimum Gasteiger partial charge on any atom is -0.324 e. The van der Waals surface area contributed by atoms with Crippen molar-refractivity contribution in [2.75, 3.05) is 19.6 Å². The number of hydrogen-bond acceptors (Lipinski definition) is 1. The summed E-state index contributed by atoms with van der Waals surface area (Å²) in [5, 5.41) is 0. The average molecular weight is 222 g/mol. The molecule has 0 radical (unpaired) electrons. The molecule has 16 heavy (non-hydrogen) atoms. The molecule has 2 aliphatic heterocycles. The molecule has 1 aliphatic carbocycles. The predicted octanol–water partition coefficient (Wildman–Crippen LogP) is 2.32. The van der Waals surface area contributed by atoms with Gasteiger partial charge in [-0.1, -0.05) is 6.92 Å². The molecule has 0 N–H and O–H groups in total. The summed E-state index contributed by atoms with van der Waals surface area (Å²) in [6.07, 6.45) is 6.35. The monoisotopic (exact) mass is 222 g/mol. The van der Waals surface area contributed by atoms with E-state index < -0.39 is 0 Å². The van der Waals surface area contributed by atoms with Crippen LogP contribution in [0.15, 0.2) is 0 Å². The molecule has 2 bridgehead atoms. The van der Waals surface area contributed by atoms with Gasteiger partial charge in [-0.2, -0.15) is 0 Å². The van der Waals surface area contributed by atoms with E-state index in [0.29, 0.717) is 18.0 Å². The van der Waals surface area contributed by atoms with E-state index in [4.69, 9.17) is 0 Å². The number of piperidine rings is 2. The molecule has 0 spiro atoms. The van der Waals surface area contributed by atoms with Gasteiger partial charge in [-0.3, -0.25) is 0 Å². The summed E-state index contributed by atoms with van der Waals surface area (Å²) in [5.41, 5.74) is 0. The molecule has 3 atom stereocenters. The quantitative estimate of drug-likeness (QED) is 0.617. The second kappa shape index (κ2) is 3.94. The molecule has 3 aliphatic rings. The van der Waals surface area contributed by atoms with Gasteiger partial charge in [0.05, 0.1) is 0 Å². The van der Waals surface area contributed by atoms with Gasteiger partial charge in [-0.15, -0.1) is 0 Å². The zero-order valence-corrected chi connectivity index (χ0v) is 10.2. The van der Waals surface area contributed by atoms with Crippen molar-refractivity contribution in [2.45, 2.75) is 45.1 Å². The van der Waals surface area contributed by atoms with Crippen LogP contribution in [-0.4, -0.2) is 41.5 Å². The highest BCUT2D eigenvalue weighted by Crippen LogP contribution is 2.38. The Bertz CT molecular complexity index is 292. The van der Waals surface area contributed by atoms with E-state index in [1.807, 2.05) is 0 Å². The first kappa shape index (κ1) is 10.4. The summed E-state index contributed by atoms with van der Waals surface area (Å²) in [6.45, 7) is 5.26. The van der Waals surface area contributed by atoms with E-state index in [-0.39, 0.29) is 0 Å². The Labute approximate surface area is 97.8 Å². The van der Waals surface area contributed by atoms with Crippen molar-refractivity contribution >= 4 is 6.03 Å². The summed E-state index contributed by atoms with van der Waals surface area (Å²) in [6, 6.07) is 0.911. The maximum absolute atomic E-state index is 12.4. The summed E-state index contributed by atoms with van der Waals surface area (Å²) in [4.78, 5) is 16.6. The molecule has 0 aromatic rings. The van der Waals surface area contributed by atoms with Crippen LogP contribution in [0.4, 0.5) is 4.79 Å². The standard InChI is InChI=1S/C13H22N2O/c1-10-3-2-6-14(8-10)13(16)15-9-11-4-5-12(15)7-11/h10-12H,2-9H2,1H3. The van der Waals surface area contributed by atoms with Crippen molar-refractivity contribution in [2.24, 2.45) is 11.8 Å². The van der Waals surface area contributed by atoms with Crippen LogP contribution in [0, 0.1) is 11.8 Å². The van der Waals surface area contributed by atoms with Crippen molar-refractivity contribution < 1.29 is 4.79 Å². The first-order chi connectivity index (χ1) is 7.74. The Balaban J connectivity index is 1.64. The predicted molar refractivity (Wildman–Crippen MR) is 63.2 cm³/mol. The lowest BCUT2D eigenvalue weighted by Crippen LogP contribution is -2.49. The van der Waals surface area contributed by atoms with Gasteiger partial charge in [0.15, 0.2) is 0 Å². The van der Waals surface area contributed by atoms with Gasteiger partial charge in [0.1, 0.15) is 0 Å². The second-order valence-electron chi connectivity index (χ2n) is 5.96. The SMILES string of the molecule is CC1CCCN(C(=O)N2CC3CCC2C3)C1. The Morgan fingerprint density at radius 1 is 1.19 bits per heavy atom. The Morgan fingerprint density at radius 2 is 2.06 bits per heavy atom. The second-order valence-corrected chi connectivity index (χ2v) is 5.96. The zero-order valence-electron chi connectivity index (χ0n) is 10.2. The van der Waals surface area contributed by atoms with Crippen LogP contribution in [0.5, 0.6) is 0 Å². The third-order valence-electron chi connectivity index (χ3n) is 4.58. The van der Waals surface area contributed by atoms with E-state index in [1.165, 1.54) is 32.1 Å². The summed E-state index contributed by atoms with van der Waals surface area (Å²) < 4.78 is 0. The molecular formula is C13H22N2O. The number of hydrogen-bond donors (Lipinski definition) is 0. The fourth-order valence-electron chi connectivity index (χ4n) is 3.70. The van der Waals surface area contributed by atoms with E-state index in [2.05, 4.69) is 16.7 Å². The smallest absolute Gasteiger partial charge is 0.320 e. The van der Waals surface area contributed by atoms with Crippen molar-refractivity contribution in [1.82, 2.24) is 9.80 Å². The molecular weight excluding hydrogens is 200 g/mol. The zero-order chi connectivity index (χ0) is 11.1. The maximum atomic E-state index is 12.4. The van der Waals surface area contributed by atoms with E-state index >= 15 is 0 Å².